The van der Waals surface area contributed by atoms with Crippen LogP contribution >= 0.6 is 11.8 Å². The van der Waals surface area contributed by atoms with E-state index in [0.717, 1.165) is 23.1 Å². The van der Waals surface area contributed by atoms with Gasteiger partial charge < -0.3 is 30.1 Å². The van der Waals surface area contributed by atoms with Crippen LogP contribution in [0.5, 0.6) is 0 Å². The van der Waals surface area contributed by atoms with E-state index >= 15 is 0 Å². The molecule has 1 aliphatic heterocycles. The lowest BCUT2D eigenvalue weighted by Gasteiger charge is -2.33. The van der Waals surface area contributed by atoms with Crippen molar-refractivity contribution in [1.82, 2.24) is 15.5 Å². The van der Waals surface area contributed by atoms with Crippen LogP contribution in [-0.4, -0.2) is 76.0 Å². The molecule has 224 valence electrons. The van der Waals surface area contributed by atoms with Gasteiger partial charge in [0.05, 0.1) is 18.5 Å². The van der Waals surface area contributed by atoms with E-state index in [1.54, 1.807) is 6.92 Å². The molecule has 2 aromatic carbocycles. The van der Waals surface area contributed by atoms with Crippen molar-refractivity contribution in [3.05, 3.63) is 71.3 Å². The number of aryl methyl sites for hydroxylation is 1. The van der Waals surface area contributed by atoms with E-state index in [4.69, 9.17) is 9.47 Å². The van der Waals surface area contributed by atoms with Gasteiger partial charge in [0.25, 0.3) is 5.91 Å². The van der Waals surface area contributed by atoms with Crippen molar-refractivity contribution in [3.8, 4) is 0 Å². The first kappa shape index (κ1) is 32.4. The summed E-state index contributed by atoms with van der Waals surface area (Å²) in [5.74, 6) is -0.684. The molecule has 0 spiro atoms. The van der Waals surface area contributed by atoms with Gasteiger partial charge in [-0.25, -0.2) is 4.79 Å². The minimum Gasteiger partial charge on any atom is -0.444 e. The molecule has 4 atom stereocenters. The van der Waals surface area contributed by atoms with E-state index in [-0.39, 0.29) is 24.8 Å². The van der Waals surface area contributed by atoms with E-state index in [2.05, 4.69) is 10.6 Å². The monoisotopic (exact) mass is 585 g/mol. The molecule has 41 heavy (non-hydrogen) atoms. The van der Waals surface area contributed by atoms with Gasteiger partial charge in [-0.15, -0.1) is 11.8 Å². The molecule has 9 nitrogen and oxygen atoms in total. The first-order chi connectivity index (χ1) is 19.5. The number of thioether (sulfide) groups is 1. The molecule has 0 radical (unpaired) electrons. The second-order valence-corrected chi connectivity index (χ2v) is 12.5. The zero-order valence-corrected chi connectivity index (χ0v) is 25.4. The summed E-state index contributed by atoms with van der Waals surface area (Å²) in [5, 5.41) is 17.0. The van der Waals surface area contributed by atoms with E-state index in [1.807, 2.05) is 82.3 Å². The number of aliphatic hydroxyl groups is 1. The highest BCUT2D eigenvalue weighted by atomic mass is 32.2. The summed E-state index contributed by atoms with van der Waals surface area (Å²) in [7, 11) is 0. The molecule has 3 rings (SSSR count). The number of carbonyl (C=O) groups is 3. The third kappa shape index (κ3) is 9.21. The highest BCUT2D eigenvalue weighted by Crippen LogP contribution is 2.40. The molecular weight excluding hydrogens is 542 g/mol. The van der Waals surface area contributed by atoms with Crippen molar-refractivity contribution in [2.45, 2.75) is 83.0 Å². The Kier molecular flexibility index (Phi) is 12.1. The average Bonchev–Trinajstić information content (AvgIpc) is 3.26. The number of ether oxygens (including phenoxy) is 2. The van der Waals surface area contributed by atoms with Crippen LogP contribution in [0, 0.1) is 6.92 Å². The van der Waals surface area contributed by atoms with Crippen LogP contribution in [0.3, 0.4) is 0 Å². The molecule has 0 aliphatic carbocycles. The normalized spacial score (nSPS) is 18.3. The minimum absolute atomic E-state index is 0.193. The quantitative estimate of drug-likeness (QED) is 0.306. The second-order valence-electron chi connectivity index (χ2n) is 10.9. The Morgan fingerprint density at radius 3 is 2.49 bits per heavy atom. The van der Waals surface area contributed by atoms with E-state index in [9.17, 15) is 19.5 Å². The lowest BCUT2D eigenvalue weighted by atomic mass is 9.97. The maximum absolute atomic E-state index is 13.8. The number of aliphatic hydroxyl groups excluding tert-OH is 1. The number of nitrogens with one attached hydrogen (secondary N) is 2. The van der Waals surface area contributed by atoms with Gasteiger partial charge >= 0.3 is 6.09 Å². The van der Waals surface area contributed by atoms with Crippen molar-refractivity contribution < 1.29 is 29.0 Å². The number of rotatable bonds is 13. The smallest absolute Gasteiger partial charge is 0.407 e. The number of alkyl carbamates (subject to hydrolysis) is 1. The molecule has 1 unspecified atom stereocenters. The molecule has 0 bridgehead atoms. The summed E-state index contributed by atoms with van der Waals surface area (Å²) in [6, 6.07) is 15.3. The maximum atomic E-state index is 13.8. The van der Waals surface area contributed by atoms with Crippen molar-refractivity contribution in [2.75, 3.05) is 19.1 Å². The lowest BCUT2D eigenvalue weighted by molar-refractivity contribution is -0.147. The van der Waals surface area contributed by atoms with Crippen LogP contribution in [0.2, 0.25) is 0 Å². The number of benzene rings is 2. The predicted molar refractivity (Wildman–Crippen MR) is 160 cm³/mol. The fourth-order valence-corrected chi connectivity index (χ4v) is 5.89. The number of carbonyl (C=O) groups excluding carboxylic acids is 3. The molecule has 0 aromatic heterocycles. The van der Waals surface area contributed by atoms with Crippen molar-refractivity contribution in [3.63, 3.8) is 0 Å². The van der Waals surface area contributed by atoms with Crippen LogP contribution in [-0.2, 0) is 32.0 Å². The lowest BCUT2D eigenvalue weighted by Crippen LogP contribution is -2.58. The van der Waals surface area contributed by atoms with Crippen molar-refractivity contribution >= 4 is 29.7 Å². The third-order valence-corrected chi connectivity index (χ3v) is 8.41. The average molecular weight is 586 g/mol. The first-order valence-electron chi connectivity index (χ1n) is 14.1. The molecule has 1 fully saturated rings. The molecule has 2 aromatic rings. The first-order valence-corrected chi connectivity index (χ1v) is 15.1. The number of hydrogen-bond acceptors (Lipinski definition) is 7. The fourth-order valence-electron chi connectivity index (χ4n) is 4.75. The Hall–Kier alpha value is -3.08. The summed E-state index contributed by atoms with van der Waals surface area (Å²) in [5.41, 5.74) is 2.87. The van der Waals surface area contributed by atoms with Gasteiger partial charge in [-0.05, 0) is 57.2 Å². The Morgan fingerprint density at radius 2 is 1.80 bits per heavy atom. The molecule has 10 heteroatoms. The van der Waals surface area contributed by atoms with Gasteiger partial charge in [-0.2, -0.15) is 0 Å². The Morgan fingerprint density at radius 1 is 1.12 bits per heavy atom. The molecule has 0 saturated carbocycles. The fraction of sp³-hybridized carbons (Fsp3) is 0.516. The Labute approximate surface area is 247 Å². The van der Waals surface area contributed by atoms with Gasteiger partial charge in [0.15, 0.2) is 6.10 Å². The summed E-state index contributed by atoms with van der Waals surface area (Å²) in [6.45, 7) is 10.6. The van der Waals surface area contributed by atoms with Crippen LogP contribution in [0.4, 0.5) is 4.79 Å². The topological polar surface area (TPSA) is 117 Å². The molecular formula is C31H43N3O6S. The Balaban J connectivity index is 1.74. The van der Waals surface area contributed by atoms with Gasteiger partial charge in [-0.3, -0.25) is 9.59 Å². The van der Waals surface area contributed by atoms with E-state index in [1.165, 1.54) is 16.7 Å². The standard InChI is InChI=1S/C31H43N3O6S/c1-6-16-39-19-22(3)40-30(38)33-25(17-23-13-8-7-9-14-23)26(35)29(37)34-20-41-31(4,5)27(34)28(36)32-18-24-15-11-10-12-21(24)2/h7-15,22,25-27,35H,6,16-20H2,1-5H3,(H,32,36)(H,33,38)/t22?,25-,26-,27+/m0/s1. The van der Waals surface area contributed by atoms with Crippen LogP contribution in [0.1, 0.15) is 50.8 Å². The number of amides is 3. The van der Waals surface area contributed by atoms with Crippen LogP contribution in [0.25, 0.3) is 0 Å². The van der Waals surface area contributed by atoms with Gasteiger partial charge in [0.1, 0.15) is 12.1 Å². The predicted octanol–water partition coefficient (Wildman–Crippen LogP) is 3.80. The summed E-state index contributed by atoms with van der Waals surface area (Å²) in [6.07, 6.45) is -1.82. The zero-order chi connectivity index (χ0) is 30.0. The van der Waals surface area contributed by atoms with Gasteiger partial charge in [-0.1, -0.05) is 61.5 Å². The molecule has 1 aliphatic rings. The summed E-state index contributed by atoms with van der Waals surface area (Å²) in [4.78, 5) is 41.4. The SMILES string of the molecule is CCCOCC(C)OC(=O)N[C@@H](Cc1ccccc1)[C@H](O)C(=O)N1CSC(C)(C)[C@H]1C(=O)NCc1ccccc1C. The summed E-state index contributed by atoms with van der Waals surface area (Å²) < 4.78 is 10.3. The molecule has 3 N–H and O–H groups in total. The van der Waals surface area contributed by atoms with Crippen molar-refractivity contribution in [2.24, 2.45) is 0 Å². The second kappa shape index (κ2) is 15.2. The van der Waals surface area contributed by atoms with Crippen LogP contribution < -0.4 is 10.6 Å². The minimum atomic E-state index is -1.60. The van der Waals surface area contributed by atoms with Crippen LogP contribution in [0.15, 0.2) is 54.6 Å². The third-order valence-electron chi connectivity index (χ3n) is 7.04. The largest absolute Gasteiger partial charge is 0.444 e. The molecule has 1 heterocycles. The number of hydrogen-bond donors (Lipinski definition) is 3. The van der Waals surface area contributed by atoms with Crippen molar-refractivity contribution in [1.29, 1.82) is 0 Å². The Bertz CT molecular complexity index is 1160. The highest BCUT2D eigenvalue weighted by molar-refractivity contribution is 8.00. The van der Waals surface area contributed by atoms with E-state index in [0.29, 0.717) is 13.2 Å². The summed E-state index contributed by atoms with van der Waals surface area (Å²) >= 11 is 1.47. The zero-order valence-electron chi connectivity index (χ0n) is 24.6. The van der Waals surface area contributed by atoms with Gasteiger partial charge in [0.2, 0.25) is 5.91 Å². The van der Waals surface area contributed by atoms with E-state index < -0.39 is 41.0 Å². The highest BCUT2D eigenvalue weighted by Gasteiger charge is 2.49. The number of nitrogens with zero attached hydrogens (tertiary/aromatic N) is 1. The van der Waals surface area contributed by atoms with Gasteiger partial charge in [0, 0.05) is 17.9 Å². The maximum Gasteiger partial charge on any atom is 0.407 e. The molecule has 3 amide bonds. The molecule has 1 saturated heterocycles.